The highest BCUT2D eigenvalue weighted by molar-refractivity contribution is 5.86. The Morgan fingerprint density at radius 1 is 1.33 bits per heavy atom. The number of carbonyl (C=O) groups excluding carboxylic acids is 1. The van der Waals surface area contributed by atoms with Gasteiger partial charge in [0.25, 0.3) is 0 Å². The van der Waals surface area contributed by atoms with Gasteiger partial charge in [-0.05, 0) is 37.0 Å². The van der Waals surface area contributed by atoms with E-state index in [0.29, 0.717) is 12.0 Å². The molecule has 2 rings (SSSR count). The summed E-state index contributed by atoms with van der Waals surface area (Å²) in [7, 11) is 0. The third kappa shape index (κ3) is 3.62. The van der Waals surface area contributed by atoms with Crippen molar-refractivity contribution in [2.45, 2.75) is 63.5 Å². The normalized spacial score (nSPS) is 19.7. The van der Waals surface area contributed by atoms with Crippen LogP contribution in [0.15, 0.2) is 24.3 Å². The Morgan fingerprint density at radius 3 is 2.52 bits per heavy atom. The molecule has 21 heavy (non-hydrogen) atoms. The fraction of sp³-hybridized carbons (Fsp3) is 0.588. The van der Waals surface area contributed by atoms with Gasteiger partial charge in [-0.15, -0.1) is 0 Å². The van der Waals surface area contributed by atoms with Crippen molar-refractivity contribution in [3.63, 3.8) is 0 Å². The summed E-state index contributed by atoms with van der Waals surface area (Å²) in [5.41, 5.74) is 5.35. The summed E-state index contributed by atoms with van der Waals surface area (Å²) in [4.78, 5) is 12.2. The minimum atomic E-state index is -0.975. The highest BCUT2D eigenvalue weighted by Gasteiger charge is 2.38. The molecule has 1 unspecified atom stereocenters. The van der Waals surface area contributed by atoms with E-state index in [1.807, 2.05) is 6.92 Å². The molecule has 0 heterocycles. The Kier molecular flexibility index (Phi) is 5.34. The van der Waals surface area contributed by atoms with Gasteiger partial charge in [0.2, 0.25) is 5.91 Å². The molecule has 0 spiro atoms. The molecule has 1 amide bonds. The molecule has 1 fully saturated rings. The van der Waals surface area contributed by atoms with Crippen molar-refractivity contribution >= 4 is 5.91 Å². The maximum Gasteiger partial charge on any atom is 0.242 e. The van der Waals surface area contributed by atoms with Crippen LogP contribution in [0.5, 0.6) is 0 Å². The van der Waals surface area contributed by atoms with Gasteiger partial charge in [-0.25, -0.2) is 4.39 Å². The summed E-state index contributed by atoms with van der Waals surface area (Å²) >= 11 is 0. The maximum atomic E-state index is 13.6. The molecular formula is C17H25FN2O. The molecule has 0 saturated heterocycles. The Bertz CT molecular complexity index is 483. The van der Waals surface area contributed by atoms with E-state index in [2.05, 4.69) is 5.32 Å². The summed E-state index contributed by atoms with van der Waals surface area (Å²) in [5, 5.41) is 3.46. The van der Waals surface area contributed by atoms with E-state index in [0.717, 1.165) is 12.8 Å². The van der Waals surface area contributed by atoms with Crippen LogP contribution in [0.1, 0.15) is 57.4 Å². The molecule has 1 aliphatic carbocycles. The van der Waals surface area contributed by atoms with Gasteiger partial charge in [0, 0.05) is 6.04 Å². The number of rotatable bonds is 5. The summed E-state index contributed by atoms with van der Waals surface area (Å²) in [6.07, 6.45) is 7.43. The monoisotopic (exact) mass is 292 g/mol. The molecule has 1 aliphatic rings. The van der Waals surface area contributed by atoms with Gasteiger partial charge >= 0.3 is 0 Å². The number of carbonyl (C=O) groups is 1. The van der Waals surface area contributed by atoms with Crippen molar-refractivity contribution in [1.82, 2.24) is 5.32 Å². The second-order valence-corrected chi connectivity index (χ2v) is 5.97. The predicted molar refractivity (Wildman–Crippen MR) is 82.2 cm³/mol. The lowest BCUT2D eigenvalue weighted by Gasteiger charge is -2.35. The Labute approximate surface area is 126 Å². The Hall–Kier alpha value is -1.42. The van der Waals surface area contributed by atoms with Crippen LogP contribution in [0.2, 0.25) is 0 Å². The van der Waals surface area contributed by atoms with Crippen molar-refractivity contribution in [1.29, 1.82) is 0 Å². The van der Waals surface area contributed by atoms with E-state index >= 15 is 0 Å². The fourth-order valence-corrected chi connectivity index (χ4v) is 3.30. The van der Waals surface area contributed by atoms with Gasteiger partial charge < -0.3 is 5.73 Å². The molecule has 0 bridgehead atoms. The van der Waals surface area contributed by atoms with Gasteiger partial charge in [0.05, 0.1) is 0 Å². The van der Waals surface area contributed by atoms with Crippen LogP contribution in [-0.4, -0.2) is 11.9 Å². The molecule has 116 valence electrons. The standard InChI is InChI=1S/C17H25FN2O/c1-2-17(16(19)21,13-8-7-9-14(18)12-13)20-15-10-5-3-4-6-11-15/h7-9,12,15,20H,2-6,10-11H2,1H3,(H2,19,21). The molecule has 0 aromatic heterocycles. The topological polar surface area (TPSA) is 55.1 Å². The van der Waals surface area contributed by atoms with E-state index in [1.54, 1.807) is 12.1 Å². The van der Waals surface area contributed by atoms with Gasteiger partial charge in [-0.3, -0.25) is 10.1 Å². The summed E-state index contributed by atoms with van der Waals surface area (Å²) in [6, 6.07) is 6.48. The van der Waals surface area contributed by atoms with Crippen LogP contribution in [0.4, 0.5) is 4.39 Å². The summed E-state index contributed by atoms with van der Waals surface area (Å²) in [6.45, 7) is 1.92. The molecule has 4 heteroatoms. The van der Waals surface area contributed by atoms with Gasteiger partial charge in [-0.1, -0.05) is 44.7 Å². The van der Waals surface area contributed by atoms with Crippen LogP contribution in [0.25, 0.3) is 0 Å². The number of hydrogen-bond acceptors (Lipinski definition) is 2. The molecule has 1 aromatic carbocycles. The van der Waals surface area contributed by atoms with E-state index in [1.165, 1.54) is 37.8 Å². The van der Waals surface area contributed by atoms with Crippen LogP contribution < -0.4 is 11.1 Å². The number of nitrogens with two attached hydrogens (primary N) is 1. The molecule has 1 aromatic rings. The van der Waals surface area contributed by atoms with Gasteiger partial charge in [0.1, 0.15) is 11.4 Å². The average Bonchev–Trinajstić information content (AvgIpc) is 2.73. The lowest BCUT2D eigenvalue weighted by Crippen LogP contribution is -2.55. The molecule has 3 N–H and O–H groups in total. The zero-order chi connectivity index (χ0) is 15.3. The highest BCUT2D eigenvalue weighted by atomic mass is 19.1. The van der Waals surface area contributed by atoms with Crippen molar-refractivity contribution in [3.8, 4) is 0 Å². The first-order chi connectivity index (χ1) is 10.1. The van der Waals surface area contributed by atoms with Crippen LogP contribution in [0.3, 0.4) is 0 Å². The molecule has 1 atom stereocenters. The van der Waals surface area contributed by atoms with Crippen LogP contribution >= 0.6 is 0 Å². The maximum absolute atomic E-state index is 13.6. The fourth-order valence-electron chi connectivity index (χ4n) is 3.30. The quantitative estimate of drug-likeness (QED) is 0.819. The van der Waals surface area contributed by atoms with E-state index in [-0.39, 0.29) is 11.9 Å². The summed E-state index contributed by atoms with van der Waals surface area (Å²) < 4.78 is 13.6. The lowest BCUT2D eigenvalue weighted by atomic mass is 9.84. The lowest BCUT2D eigenvalue weighted by molar-refractivity contribution is -0.125. The van der Waals surface area contributed by atoms with Crippen LogP contribution in [-0.2, 0) is 10.3 Å². The average molecular weight is 292 g/mol. The third-order valence-electron chi connectivity index (χ3n) is 4.57. The van der Waals surface area contributed by atoms with Crippen molar-refractivity contribution < 1.29 is 9.18 Å². The molecular weight excluding hydrogens is 267 g/mol. The Balaban J connectivity index is 2.30. The molecule has 3 nitrogen and oxygen atoms in total. The van der Waals surface area contributed by atoms with Crippen molar-refractivity contribution in [2.24, 2.45) is 5.73 Å². The van der Waals surface area contributed by atoms with Crippen molar-refractivity contribution in [3.05, 3.63) is 35.6 Å². The molecule has 0 radical (unpaired) electrons. The molecule has 0 aliphatic heterocycles. The first kappa shape index (κ1) is 16.0. The first-order valence-corrected chi connectivity index (χ1v) is 7.92. The van der Waals surface area contributed by atoms with Crippen LogP contribution in [0, 0.1) is 5.82 Å². The van der Waals surface area contributed by atoms with E-state index in [9.17, 15) is 9.18 Å². The highest BCUT2D eigenvalue weighted by Crippen LogP contribution is 2.29. The zero-order valence-electron chi connectivity index (χ0n) is 12.7. The minimum absolute atomic E-state index is 0.267. The number of benzene rings is 1. The van der Waals surface area contributed by atoms with Crippen molar-refractivity contribution in [2.75, 3.05) is 0 Å². The Morgan fingerprint density at radius 2 is 2.00 bits per heavy atom. The van der Waals surface area contributed by atoms with Gasteiger partial charge in [-0.2, -0.15) is 0 Å². The number of halogens is 1. The minimum Gasteiger partial charge on any atom is -0.368 e. The smallest absolute Gasteiger partial charge is 0.242 e. The number of hydrogen-bond donors (Lipinski definition) is 2. The number of nitrogens with one attached hydrogen (secondary N) is 1. The number of primary amides is 1. The van der Waals surface area contributed by atoms with Gasteiger partial charge in [0.15, 0.2) is 0 Å². The largest absolute Gasteiger partial charge is 0.368 e. The second kappa shape index (κ2) is 7.03. The summed E-state index contributed by atoms with van der Waals surface area (Å²) in [5.74, 6) is -0.769. The van der Waals surface area contributed by atoms with E-state index in [4.69, 9.17) is 5.73 Å². The zero-order valence-corrected chi connectivity index (χ0v) is 12.7. The second-order valence-electron chi connectivity index (χ2n) is 5.97. The molecule has 1 saturated carbocycles. The predicted octanol–water partition coefficient (Wildman–Crippen LogP) is 3.23. The third-order valence-corrected chi connectivity index (χ3v) is 4.57. The van der Waals surface area contributed by atoms with E-state index < -0.39 is 11.4 Å². The SMILES string of the molecule is CCC(NC1CCCCCC1)(C(N)=O)c1cccc(F)c1. The first-order valence-electron chi connectivity index (χ1n) is 7.92. The number of amides is 1.